The van der Waals surface area contributed by atoms with E-state index in [2.05, 4.69) is 15.5 Å². The van der Waals surface area contributed by atoms with Gasteiger partial charge >= 0.3 is 6.18 Å². The first-order valence-electron chi connectivity index (χ1n) is 5.53. The first-order chi connectivity index (χ1) is 7.98. The summed E-state index contributed by atoms with van der Waals surface area (Å²) in [6.07, 6.45) is -2.64. The molecule has 1 aromatic rings. The molecule has 1 aromatic heterocycles. The van der Waals surface area contributed by atoms with Gasteiger partial charge in [-0.3, -0.25) is 0 Å². The lowest BCUT2D eigenvalue weighted by molar-refractivity contribution is -0.128. The van der Waals surface area contributed by atoms with E-state index in [1.54, 1.807) is 0 Å². The van der Waals surface area contributed by atoms with Gasteiger partial charge in [0.25, 0.3) is 0 Å². The van der Waals surface area contributed by atoms with E-state index in [0.29, 0.717) is 12.3 Å². The topological polar surface area (TPSA) is 51.0 Å². The van der Waals surface area contributed by atoms with Gasteiger partial charge in [-0.25, -0.2) is 0 Å². The van der Waals surface area contributed by atoms with Crippen LogP contribution < -0.4 is 5.32 Å². The molecule has 0 bridgehead atoms. The zero-order valence-corrected chi connectivity index (χ0v) is 9.42. The second kappa shape index (κ2) is 4.64. The van der Waals surface area contributed by atoms with Gasteiger partial charge in [0.05, 0.1) is 0 Å². The van der Waals surface area contributed by atoms with Gasteiger partial charge in [-0.2, -0.15) is 18.2 Å². The predicted molar refractivity (Wildman–Crippen MR) is 53.3 cm³/mol. The summed E-state index contributed by atoms with van der Waals surface area (Å²) in [4.78, 5) is 3.76. The summed E-state index contributed by atoms with van der Waals surface area (Å²) in [5.41, 5.74) is 0. The highest BCUT2D eigenvalue weighted by Crippen LogP contribution is 2.33. The molecule has 4 nitrogen and oxygen atoms in total. The van der Waals surface area contributed by atoms with Crippen molar-refractivity contribution in [2.24, 2.45) is 5.92 Å². The van der Waals surface area contributed by atoms with Crippen LogP contribution in [-0.2, 0) is 12.8 Å². The second-order valence-electron chi connectivity index (χ2n) is 4.33. The molecule has 1 heterocycles. The van der Waals surface area contributed by atoms with Crippen molar-refractivity contribution in [2.75, 3.05) is 7.05 Å². The highest BCUT2D eigenvalue weighted by Gasteiger charge is 2.33. The molecule has 1 N–H and O–H groups in total. The van der Waals surface area contributed by atoms with Crippen molar-refractivity contribution >= 4 is 0 Å². The fourth-order valence-electron chi connectivity index (χ4n) is 1.82. The predicted octanol–water partition coefficient (Wildman–Crippen LogP) is 1.71. The number of rotatable bonds is 5. The quantitative estimate of drug-likeness (QED) is 0.863. The number of likely N-dealkylation sites (N-methyl/N-ethyl adjacent to an activating group) is 1. The van der Waals surface area contributed by atoms with Crippen LogP contribution in [0.25, 0.3) is 0 Å². The van der Waals surface area contributed by atoms with Gasteiger partial charge in [0, 0.05) is 12.5 Å². The lowest BCUT2D eigenvalue weighted by atomic mass is 10.1. The molecule has 0 saturated heterocycles. The van der Waals surface area contributed by atoms with E-state index in [0.717, 1.165) is 12.8 Å². The van der Waals surface area contributed by atoms with Crippen LogP contribution in [0.1, 0.15) is 24.6 Å². The van der Waals surface area contributed by atoms with Crippen molar-refractivity contribution in [3.63, 3.8) is 0 Å². The summed E-state index contributed by atoms with van der Waals surface area (Å²) in [6.45, 7) is 0. The molecule has 1 unspecified atom stereocenters. The van der Waals surface area contributed by atoms with E-state index in [-0.39, 0.29) is 17.8 Å². The Balaban J connectivity index is 1.93. The van der Waals surface area contributed by atoms with Gasteiger partial charge in [-0.05, 0) is 25.8 Å². The molecule has 1 saturated carbocycles. The maximum absolute atomic E-state index is 12.1. The number of aromatic nitrogens is 2. The molecule has 0 aliphatic heterocycles. The molecule has 7 heteroatoms. The normalized spacial score (nSPS) is 18.4. The van der Waals surface area contributed by atoms with E-state index in [1.165, 1.54) is 0 Å². The molecule has 0 amide bonds. The van der Waals surface area contributed by atoms with Crippen LogP contribution in [0.15, 0.2) is 4.52 Å². The zero-order chi connectivity index (χ0) is 12.5. The van der Waals surface area contributed by atoms with E-state index >= 15 is 0 Å². The van der Waals surface area contributed by atoms with Crippen molar-refractivity contribution in [2.45, 2.75) is 37.9 Å². The molecule has 96 valence electrons. The van der Waals surface area contributed by atoms with Crippen LogP contribution >= 0.6 is 0 Å². The highest BCUT2D eigenvalue weighted by atomic mass is 19.4. The largest absolute Gasteiger partial charge is 0.396 e. The third-order valence-electron chi connectivity index (χ3n) is 2.83. The van der Waals surface area contributed by atoms with E-state index in [4.69, 9.17) is 4.52 Å². The lowest BCUT2D eigenvalue weighted by Gasteiger charge is -2.11. The van der Waals surface area contributed by atoms with Crippen LogP contribution in [-0.4, -0.2) is 29.4 Å². The second-order valence-corrected chi connectivity index (χ2v) is 4.33. The summed E-state index contributed by atoms with van der Waals surface area (Å²) in [7, 11) is 1.83. The minimum Gasteiger partial charge on any atom is -0.339 e. The highest BCUT2D eigenvalue weighted by molar-refractivity contribution is 4.95. The summed E-state index contributed by atoms with van der Waals surface area (Å²) in [5, 5.41) is 6.45. The minimum atomic E-state index is -4.29. The Hall–Kier alpha value is -1.11. The average Bonchev–Trinajstić information content (AvgIpc) is 2.96. The molecular formula is C10H14F3N3O. The van der Waals surface area contributed by atoms with E-state index < -0.39 is 12.6 Å². The van der Waals surface area contributed by atoms with Crippen LogP contribution in [0.2, 0.25) is 0 Å². The van der Waals surface area contributed by atoms with Gasteiger partial charge in [0.1, 0.15) is 6.42 Å². The smallest absolute Gasteiger partial charge is 0.339 e. The van der Waals surface area contributed by atoms with Crippen molar-refractivity contribution in [3.8, 4) is 0 Å². The molecule has 1 fully saturated rings. The number of halogens is 3. The third-order valence-corrected chi connectivity index (χ3v) is 2.83. The monoisotopic (exact) mass is 249 g/mol. The first-order valence-corrected chi connectivity index (χ1v) is 5.53. The number of nitrogens with one attached hydrogen (secondary N) is 1. The molecule has 1 atom stereocenters. The van der Waals surface area contributed by atoms with Gasteiger partial charge in [-0.1, -0.05) is 5.16 Å². The van der Waals surface area contributed by atoms with Gasteiger partial charge < -0.3 is 9.84 Å². The van der Waals surface area contributed by atoms with E-state index in [1.807, 2.05) is 7.05 Å². The zero-order valence-electron chi connectivity index (χ0n) is 9.42. The molecular weight excluding hydrogens is 235 g/mol. The van der Waals surface area contributed by atoms with Crippen LogP contribution in [0.4, 0.5) is 13.2 Å². The summed E-state index contributed by atoms with van der Waals surface area (Å²) in [5.74, 6) is 0.562. The van der Waals surface area contributed by atoms with Crippen LogP contribution in [0.3, 0.4) is 0 Å². The number of nitrogens with zero attached hydrogens (tertiary/aromatic N) is 2. The average molecular weight is 249 g/mol. The fourth-order valence-corrected chi connectivity index (χ4v) is 1.82. The van der Waals surface area contributed by atoms with E-state index in [9.17, 15) is 13.2 Å². The fraction of sp³-hybridized carbons (Fsp3) is 0.800. The molecule has 0 radical (unpaired) electrons. The van der Waals surface area contributed by atoms with Crippen molar-refractivity contribution in [1.29, 1.82) is 0 Å². The summed E-state index contributed by atoms with van der Waals surface area (Å²) >= 11 is 0. The van der Waals surface area contributed by atoms with Crippen LogP contribution in [0.5, 0.6) is 0 Å². The maximum Gasteiger partial charge on any atom is 0.396 e. The first kappa shape index (κ1) is 12.3. The van der Waals surface area contributed by atoms with Gasteiger partial charge in [-0.15, -0.1) is 0 Å². The molecule has 1 aliphatic rings. The Morgan fingerprint density at radius 2 is 2.18 bits per heavy atom. The molecule has 0 aromatic carbocycles. The minimum absolute atomic E-state index is 0.217. The van der Waals surface area contributed by atoms with Gasteiger partial charge in [0.2, 0.25) is 5.89 Å². The summed E-state index contributed by atoms with van der Waals surface area (Å²) < 4.78 is 41.1. The lowest BCUT2D eigenvalue weighted by Crippen LogP contribution is -2.29. The number of hydrogen-bond donors (Lipinski definition) is 1. The Labute approximate surface area is 96.6 Å². The van der Waals surface area contributed by atoms with Crippen molar-refractivity contribution in [1.82, 2.24) is 15.5 Å². The molecule has 2 rings (SSSR count). The van der Waals surface area contributed by atoms with Crippen LogP contribution in [0, 0.1) is 5.92 Å². The summed E-state index contributed by atoms with van der Waals surface area (Å²) in [6, 6.07) is 0.217. The Kier molecular flexibility index (Phi) is 3.37. The Bertz CT molecular complexity index is 373. The Morgan fingerprint density at radius 1 is 1.47 bits per heavy atom. The molecule has 0 spiro atoms. The van der Waals surface area contributed by atoms with Gasteiger partial charge in [0.15, 0.2) is 5.82 Å². The third kappa shape index (κ3) is 3.69. The van der Waals surface area contributed by atoms with Crippen molar-refractivity contribution in [3.05, 3.63) is 11.7 Å². The standard InChI is InChI=1S/C10H14F3N3O/c1-14-7(6-2-3-6)4-9-15-8(16-17-9)5-10(11,12)13/h6-7,14H,2-5H2,1H3. The molecule has 17 heavy (non-hydrogen) atoms. The molecule has 1 aliphatic carbocycles. The SMILES string of the molecule is CNC(Cc1nc(CC(F)(F)F)no1)C1CC1. The Morgan fingerprint density at radius 3 is 2.71 bits per heavy atom. The number of alkyl halides is 3. The maximum atomic E-state index is 12.1. The number of hydrogen-bond acceptors (Lipinski definition) is 4. The van der Waals surface area contributed by atoms with Crippen molar-refractivity contribution < 1.29 is 17.7 Å².